The fourth-order valence-electron chi connectivity index (χ4n) is 3.02. The van der Waals surface area contributed by atoms with Gasteiger partial charge >= 0.3 is 11.8 Å². The van der Waals surface area contributed by atoms with Gasteiger partial charge in [-0.25, -0.2) is 5.43 Å². The summed E-state index contributed by atoms with van der Waals surface area (Å²) in [5.41, 5.74) is 4.59. The number of benzene rings is 3. The molecule has 9 nitrogen and oxygen atoms in total. The van der Waals surface area contributed by atoms with Crippen molar-refractivity contribution in [1.82, 2.24) is 5.43 Å². The van der Waals surface area contributed by atoms with Crippen LogP contribution in [0.2, 0.25) is 5.02 Å². The van der Waals surface area contributed by atoms with Gasteiger partial charge in [0.25, 0.3) is 5.91 Å². The van der Waals surface area contributed by atoms with Gasteiger partial charge in [0.1, 0.15) is 11.5 Å². The zero-order valence-electron chi connectivity index (χ0n) is 20.4. The van der Waals surface area contributed by atoms with Crippen LogP contribution < -0.4 is 25.5 Å². The Morgan fingerprint density at radius 2 is 1.68 bits per heavy atom. The Labute approximate surface area is 219 Å². The molecule has 0 spiro atoms. The van der Waals surface area contributed by atoms with Crippen molar-refractivity contribution in [1.29, 1.82) is 0 Å². The van der Waals surface area contributed by atoms with Crippen molar-refractivity contribution in [3.63, 3.8) is 0 Å². The Morgan fingerprint density at radius 1 is 0.919 bits per heavy atom. The van der Waals surface area contributed by atoms with Crippen LogP contribution in [0, 0.1) is 6.92 Å². The van der Waals surface area contributed by atoms with Crippen LogP contribution in [-0.4, -0.2) is 37.1 Å². The molecule has 0 saturated carbocycles. The van der Waals surface area contributed by atoms with E-state index in [1.165, 1.54) is 6.21 Å². The second-order valence-corrected chi connectivity index (χ2v) is 8.26. The third kappa shape index (κ3) is 8.66. The molecule has 0 fully saturated rings. The van der Waals surface area contributed by atoms with Crippen LogP contribution in [0.5, 0.6) is 11.5 Å². The van der Waals surface area contributed by atoms with Gasteiger partial charge in [-0.15, -0.1) is 0 Å². The van der Waals surface area contributed by atoms with Gasteiger partial charge in [0.05, 0.1) is 12.8 Å². The molecule has 3 aromatic rings. The second kappa shape index (κ2) is 13.6. The summed E-state index contributed by atoms with van der Waals surface area (Å²) in [5, 5.41) is 9.61. The van der Waals surface area contributed by atoms with Crippen molar-refractivity contribution < 1.29 is 23.9 Å². The second-order valence-electron chi connectivity index (χ2n) is 7.85. The molecule has 37 heavy (non-hydrogen) atoms. The first-order valence-electron chi connectivity index (χ1n) is 11.5. The van der Waals surface area contributed by atoms with Gasteiger partial charge < -0.3 is 20.1 Å². The van der Waals surface area contributed by atoms with Crippen molar-refractivity contribution in [2.45, 2.75) is 20.3 Å². The number of nitrogens with zero attached hydrogens (tertiary/aromatic N) is 1. The molecular weight excluding hydrogens is 496 g/mol. The zero-order chi connectivity index (χ0) is 26.6. The van der Waals surface area contributed by atoms with E-state index in [1.807, 2.05) is 13.8 Å². The van der Waals surface area contributed by atoms with Gasteiger partial charge in [-0.1, -0.05) is 36.7 Å². The van der Waals surface area contributed by atoms with E-state index in [-0.39, 0.29) is 12.5 Å². The van der Waals surface area contributed by atoms with Crippen molar-refractivity contribution in [2.75, 3.05) is 23.8 Å². The molecule has 0 atom stereocenters. The number of nitrogens with one attached hydrogen (secondary N) is 3. The SMILES string of the molecule is CCCOc1ccc(NC(=O)C(=O)N/N=C\c2cccc(OCC(=O)Nc3cccc(Cl)c3C)c2)cc1. The zero-order valence-corrected chi connectivity index (χ0v) is 21.2. The Hall–Kier alpha value is -4.37. The summed E-state index contributed by atoms with van der Waals surface area (Å²) in [4.78, 5) is 36.4. The summed E-state index contributed by atoms with van der Waals surface area (Å²) in [6.07, 6.45) is 2.24. The number of halogens is 1. The molecule has 3 rings (SSSR count). The van der Waals surface area contributed by atoms with E-state index in [0.29, 0.717) is 40.1 Å². The molecule has 0 bridgehead atoms. The topological polar surface area (TPSA) is 118 Å². The lowest BCUT2D eigenvalue weighted by Crippen LogP contribution is -2.32. The summed E-state index contributed by atoms with van der Waals surface area (Å²) in [6, 6.07) is 18.7. The molecule has 0 aliphatic heterocycles. The number of carbonyl (C=O) groups excluding carboxylic acids is 3. The minimum Gasteiger partial charge on any atom is -0.494 e. The molecule has 0 radical (unpaired) electrons. The van der Waals surface area contributed by atoms with Crippen molar-refractivity contribution in [3.05, 3.63) is 82.9 Å². The first-order chi connectivity index (χ1) is 17.9. The molecule has 0 heterocycles. The number of hydrogen-bond donors (Lipinski definition) is 3. The molecule has 0 unspecified atom stereocenters. The lowest BCUT2D eigenvalue weighted by atomic mass is 10.2. The van der Waals surface area contributed by atoms with E-state index in [1.54, 1.807) is 66.7 Å². The van der Waals surface area contributed by atoms with Crippen LogP contribution in [0.25, 0.3) is 0 Å². The largest absolute Gasteiger partial charge is 0.494 e. The van der Waals surface area contributed by atoms with E-state index in [0.717, 1.165) is 12.0 Å². The molecule has 10 heteroatoms. The number of rotatable bonds is 10. The van der Waals surface area contributed by atoms with Crippen LogP contribution in [0.15, 0.2) is 71.8 Å². The van der Waals surface area contributed by atoms with E-state index in [4.69, 9.17) is 21.1 Å². The Bertz CT molecular complexity index is 1280. The normalized spacial score (nSPS) is 10.6. The third-order valence-corrected chi connectivity index (χ3v) is 5.35. The smallest absolute Gasteiger partial charge is 0.329 e. The van der Waals surface area contributed by atoms with E-state index in [2.05, 4.69) is 21.2 Å². The van der Waals surface area contributed by atoms with Crippen molar-refractivity contribution >= 4 is 46.9 Å². The molecular formula is C27H27ClN4O5. The quantitative estimate of drug-likeness (QED) is 0.205. The fourth-order valence-corrected chi connectivity index (χ4v) is 3.20. The summed E-state index contributed by atoms with van der Waals surface area (Å²) in [6.45, 7) is 4.20. The van der Waals surface area contributed by atoms with Crippen molar-refractivity contribution in [2.24, 2.45) is 5.10 Å². The third-order valence-electron chi connectivity index (χ3n) is 4.94. The maximum Gasteiger partial charge on any atom is 0.329 e. The molecule has 192 valence electrons. The van der Waals surface area contributed by atoms with Crippen LogP contribution in [0.4, 0.5) is 11.4 Å². The summed E-state index contributed by atoms with van der Waals surface area (Å²) >= 11 is 6.07. The molecule has 0 aromatic heterocycles. The number of hydrogen-bond acceptors (Lipinski definition) is 6. The van der Waals surface area contributed by atoms with Crippen molar-refractivity contribution in [3.8, 4) is 11.5 Å². The minimum atomic E-state index is -0.928. The Balaban J connectivity index is 1.46. The predicted molar refractivity (Wildman–Crippen MR) is 143 cm³/mol. The molecule has 0 saturated heterocycles. The average Bonchev–Trinajstić information content (AvgIpc) is 2.90. The van der Waals surface area contributed by atoms with Crippen LogP contribution >= 0.6 is 11.6 Å². The predicted octanol–water partition coefficient (Wildman–Crippen LogP) is 4.54. The lowest BCUT2D eigenvalue weighted by molar-refractivity contribution is -0.136. The summed E-state index contributed by atoms with van der Waals surface area (Å²) in [5.74, 6) is -1.03. The number of ether oxygens (including phenoxy) is 2. The maximum atomic E-state index is 12.2. The number of hydrazone groups is 1. The minimum absolute atomic E-state index is 0.213. The lowest BCUT2D eigenvalue weighted by Gasteiger charge is -2.10. The maximum absolute atomic E-state index is 12.2. The van der Waals surface area contributed by atoms with E-state index < -0.39 is 11.8 Å². The molecule has 3 aromatic carbocycles. The van der Waals surface area contributed by atoms with Gasteiger partial charge in [0, 0.05) is 16.4 Å². The standard InChI is InChI=1S/C27H27ClN4O5/c1-3-14-36-21-12-10-20(11-13-21)30-26(34)27(35)32-29-16-19-6-4-7-22(15-19)37-17-25(33)31-24-9-5-8-23(28)18(24)2/h4-13,15-16H,3,14,17H2,1-2H3,(H,30,34)(H,31,33)(H,32,35)/b29-16-. The Kier molecular flexibility index (Phi) is 10.0. The highest BCUT2D eigenvalue weighted by molar-refractivity contribution is 6.39. The highest BCUT2D eigenvalue weighted by Gasteiger charge is 2.13. The van der Waals surface area contributed by atoms with Crippen LogP contribution in [0.1, 0.15) is 24.5 Å². The number of carbonyl (C=O) groups is 3. The summed E-state index contributed by atoms with van der Waals surface area (Å²) in [7, 11) is 0. The van der Waals surface area contributed by atoms with E-state index in [9.17, 15) is 14.4 Å². The number of anilines is 2. The number of amides is 3. The van der Waals surface area contributed by atoms with Gasteiger partial charge in [0.15, 0.2) is 6.61 Å². The Morgan fingerprint density at radius 3 is 2.43 bits per heavy atom. The van der Waals surface area contributed by atoms with Gasteiger partial charge in [-0.3, -0.25) is 14.4 Å². The first kappa shape index (κ1) is 27.2. The highest BCUT2D eigenvalue weighted by atomic mass is 35.5. The van der Waals surface area contributed by atoms with Gasteiger partial charge in [0.2, 0.25) is 0 Å². The first-order valence-corrected chi connectivity index (χ1v) is 11.9. The average molecular weight is 523 g/mol. The van der Waals surface area contributed by atoms with Crippen LogP contribution in [0.3, 0.4) is 0 Å². The monoisotopic (exact) mass is 522 g/mol. The van der Waals surface area contributed by atoms with Gasteiger partial charge in [-0.05, 0) is 73.0 Å². The molecule has 0 aliphatic rings. The molecule has 3 N–H and O–H groups in total. The highest BCUT2D eigenvalue weighted by Crippen LogP contribution is 2.23. The van der Waals surface area contributed by atoms with Crippen LogP contribution in [-0.2, 0) is 14.4 Å². The van der Waals surface area contributed by atoms with Gasteiger partial charge in [-0.2, -0.15) is 5.10 Å². The summed E-state index contributed by atoms with van der Waals surface area (Å²) < 4.78 is 11.0. The molecule has 3 amide bonds. The van der Waals surface area contributed by atoms with E-state index >= 15 is 0 Å². The fraction of sp³-hybridized carbons (Fsp3) is 0.185. The molecule has 0 aliphatic carbocycles.